The van der Waals surface area contributed by atoms with E-state index in [0.29, 0.717) is 27.6 Å². The molecule has 2 aromatic carbocycles. The Kier molecular flexibility index (Phi) is 5.06. The lowest BCUT2D eigenvalue weighted by atomic mass is 10.1. The zero-order chi connectivity index (χ0) is 22.3. The summed E-state index contributed by atoms with van der Waals surface area (Å²) >= 11 is 0. The first-order valence-corrected chi connectivity index (χ1v) is 9.64. The topological polar surface area (TPSA) is 114 Å². The summed E-state index contributed by atoms with van der Waals surface area (Å²) < 4.78 is 10.4. The molecule has 0 spiro atoms. The Hall–Kier alpha value is -3.94. The van der Waals surface area contributed by atoms with E-state index in [1.807, 2.05) is 6.92 Å². The number of amides is 2. The number of aryl methyl sites for hydroxylation is 2. The molecule has 0 radical (unpaired) electrons. The summed E-state index contributed by atoms with van der Waals surface area (Å²) in [5, 5.41) is 10.3. The Balaban J connectivity index is 1.43. The van der Waals surface area contributed by atoms with Gasteiger partial charge in [0.2, 0.25) is 0 Å². The maximum absolute atomic E-state index is 12.5. The predicted octanol–water partition coefficient (Wildman–Crippen LogP) is 2.84. The first-order chi connectivity index (χ1) is 14.8. The minimum atomic E-state index is -0.631. The number of hydrogen-bond acceptors (Lipinski definition) is 7. The minimum absolute atomic E-state index is 0.0130. The van der Waals surface area contributed by atoms with E-state index >= 15 is 0 Å². The van der Waals surface area contributed by atoms with Crippen molar-refractivity contribution in [1.29, 1.82) is 0 Å². The Bertz CT molecular complexity index is 1310. The van der Waals surface area contributed by atoms with Gasteiger partial charge in [0, 0.05) is 29.1 Å². The molecule has 0 fully saturated rings. The second-order valence-electron chi connectivity index (χ2n) is 7.40. The van der Waals surface area contributed by atoms with Crippen LogP contribution in [0.25, 0.3) is 11.0 Å². The quantitative estimate of drug-likeness (QED) is 0.383. The fourth-order valence-electron chi connectivity index (χ4n) is 3.58. The van der Waals surface area contributed by atoms with Gasteiger partial charge in [0.05, 0.1) is 17.5 Å². The maximum Gasteiger partial charge on any atom is 0.336 e. The molecule has 1 aliphatic heterocycles. The van der Waals surface area contributed by atoms with E-state index in [-0.39, 0.29) is 30.9 Å². The van der Waals surface area contributed by atoms with Crippen LogP contribution < -0.4 is 5.63 Å². The highest BCUT2D eigenvalue weighted by atomic mass is 16.5. The van der Waals surface area contributed by atoms with Crippen molar-refractivity contribution in [3.63, 3.8) is 0 Å². The second kappa shape index (κ2) is 7.71. The first kappa shape index (κ1) is 20.3. The highest BCUT2D eigenvalue weighted by molar-refractivity contribution is 6.21. The van der Waals surface area contributed by atoms with Gasteiger partial charge in [-0.25, -0.2) is 4.79 Å². The lowest BCUT2D eigenvalue weighted by Gasteiger charge is -2.13. The maximum atomic E-state index is 12.5. The Morgan fingerprint density at radius 1 is 1.03 bits per heavy atom. The number of benzene rings is 2. The number of rotatable bonds is 5. The molecule has 31 heavy (non-hydrogen) atoms. The molecule has 0 atom stereocenters. The van der Waals surface area contributed by atoms with Crippen molar-refractivity contribution in [3.8, 4) is 5.75 Å². The highest BCUT2D eigenvalue weighted by Crippen LogP contribution is 2.28. The van der Waals surface area contributed by atoms with Crippen molar-refractivity contribution in [1.82, 2.24) is 4.90 Å². The van der Waals surface area contributed by atoms with E-state index in [1.54, 1.807) is 31.2 Å². The van der Waals surface area contributed by atoms with E-state index in [1.165, 1.54) is 12.1 Å². The van der Waals surface area contributed by atoms with Gasteiger partial charge in [0.1, 0.15) is 17.9 Å². The van der Waals surface area contributed by atoms with Crippen LogP contribution in [0, 0.1) is 13.8 Å². The Labute approximate surface area is 176 Å². The fourth-order valence-corrected chi connectivity index (χ4v) is 3.58. The summed E-state index contributed by atoms with van der Waals surface area (Å²) in [7, 11) is 0. The van der Waals surface area contributed by atoms with Gasteiger partial charge in [-0.2, -0.15) is 0 Å². The summed E-state index contributed by atoms with van der Waals surface area (Å²) in [6.07, 6.45) is -0.177. The van der Waals surface area contributed by atoms with Gasteiger partial charge < -0.3 is 14.3 Å². The van der Waals surface area contributed by atoms with Crippen molar-refractivity contribution in [2.45, 2.75) is 26.9 Å². The van der Waals surface area contributed by atoms with Crippen molar-refractivity contribution in [2.24, 2.45) is 0 Å². The summed E-state index contributed by atoms with van der Waals surface area (Å²) in [6.45, 7) is 3.15. The summed E-state index contributed by atoms with van der Waals surface area (Å²) in [5.74, 6) is -1.50. The van der Waals surface area contributed by atoms with Crippen molar-refractivity contribution >= 4 is 28.8 Å². The number of phenols is 1. The monoisotopic (exact) mass is 421 g/mol. The molecular formula is C23H19NO7. The number of esters is 1. The molecule has 0 saturated carbocycles. The van der Waals surface area contributed by atoms with E-state index < -0.39 is 23.4 Å². The molecule has 158 valence electrons. The number of fused-ring (bicyclic) bond motifs is 2. The number of ether oxygens (including phenoxy) is 1. The van der Waals surface area contributed by atoms with E-state index in [2.05, 4.69) is 0 Å². The molecule has 0 unspecified atom stereocenters. The van der Waals surface area contributed by atoms with Gasteiger partial charge >= 0.3 is 11.6 Å². The van der Waals surface area contributed by atoms with Crippen LogP contribution in [0.5, 0.6) is 5.75 Å². The van der Waals surface area contributed by atoms with Crippen molar-refractivity contribution in [2.75, 3.05) is 6.54 Å². The van der Waals surface area contributed by atoms with Crippen LogP contribution in [-0.2, 0) is 16.1 Å². The third-order valence-corrected chi connectivity index (χ3v) is 5.27. The van der Waals surface area contributed by atoms with E-state index in [0.717, 1.165) is 10.5 Å². The van der Waals surface area contributed by atoms with Gasteiger partial charge in [0.15, 0.2) is 0 Å². The van der Waals surface area contributed by atoms with Crippen LogP contribution in [-0.4, -0.2) is 34.3 Å². The number of carbonyl (C=O) groups excluding carboxylic acids is 3. The normalized spacial score (nSPS) is 13.0. The summed E-state index contributed by atoms with van der Waals surface area (Å²) in [5.41, 5.74) is 1.95. The number of hydrogen-bond donors (Lipinski definition) is 1. The lowest BCUT2D eigenvalue weighted by molar-refractivity contribution is -0.145. The molecule has 8 heteroatoms. The van der Waals surface area contributed by atoms with Crippen LogP contribution in [0.1, 0.15) is 43.8 Å². The zero-order valence-electron chi connectivity index (χ0n) is 16.9. The fraction of sp³-hybridized carbons (Fsp3) is 0.217. The van der Waals surface area contributed by atoms with Crippen LogP contribution in [0.4, 0.5) is 0 Å². The third-order valence-electron chi connectivity index (χ3n) is 5.27. The molecule has 2 heterocycles. The van der Waals surface area contributed by atoms with Crippen molar-refractivity contribution in [3.05, 3.63) is 74.6 Å². The number of phenolic OH excluding ortho intramolecular Hbond substituents is 1. The number of imide groups is 1. The first-order valence-electron chi connectivity index (χ1n) is 9.64. The Morgan fingerprint density at radius 2 is 1.77 bits per heavy atom. The van der Waals surface area contributed by atoms with Crippen LogP contribution in [0.2, 0.25) is 0 Å². The number of nitrogens with zero attached hydrogens (tertiary/aromatic N) is 1. The molecule has 4 rings (SSSR count). The lowest BCUT2D eigenvalue weighted by Crippen LogP contribution is -2.32. The largest absolute Gasteiger partial charge is 0.508 e. The minimum Gasteiger partial charge on any atom is -0.508 e. The molecule has 2 amide bonds. The molecule has 0 bridgehead atoms. The zero-order valence-corrected chi connectivity index (χ0v) is 16.9. The molecule has 1 aliphatic rings. The van der Waals surface area contributed by atoms with Crippen molar-refractivity contribution < 1.29 is 28.6 Å². The summed E-state index contributed by atoms with van der Waals surface area (Å²) in [4.78, 5) is 50.0. The smallest absolute Gasteiger partial charge is 0.336 e. The van der Waals surface area contributed by atoms with Gasteiger partial charge in [-0.05, 0) is 38.1 Å². The Morgan fingerprint density at radius 3 is 2.55 bits per heavy atom. The molecular weight excluding hydrogens is 402 g/mol. The second-order valence-corrected chi connectivity index (χ2v) is 7.40. The van der Waals surface area contributed by atoms with Crippen LogP contribution >= 0.6 is 0 Å². The SMILES string of the molecule is Cc1ccc2c(c1)C(=O)N(CCC(=O)OCc1cc(=O)oc3c(C)c(O)ccc13)C2=O. The van der Waals surface area contributed by atoms with Gasteiger partial charge in [-0.15, -0.1) is 0 Å². The van der Waals surface area contributed by atoms with Crippen LogP contribution in [0.15, 0.2) is 45.6 Å². The molecule has 8 nitrogen and oxygen atoms in total. The highest BCUT2D eigenvalue weighted by Gasteiger charge is 2.35. The molecule has 0 saturated heterocycles. The molecule has 3 aromatic rings. The van der Waals surface area contributed by atoms with E-state index in [9.17, 15) is 24.3 Å². The standard InChI is InChI=1S/C23H19NO7/c1-12-3-4-16-17(9-12)23(29)24(22(16)28)8-7-19(26)30-11-14-10-20(27)31-21-13(2)18(25)6-5-15(14)21/h3-6,9-10,25H,7-8,11H2,1-2H3. The summed E-state index contributed by atoms with van der Waals surface area (Å²) in [6, 6.07) is 9.27. The molecule has 0 aliphatic carbocycles. The average Bonchev–Trinajstić information content (AvgIpc) is 2.97. The van der Waals surface area contributed by atoms with Gasteiger partial charge in [-0.3, -0.25) is 19.3 Å². The van der Waals surface area contributed by atoms with Gasteiger partial charge in [-0.1, -0.05) is 11.6 Å². The average molecular weight is 421 g/mol. The van der Waals surface area contributed by atoms with Gasteiger partial charge in [0.25, 0.3) is 11.8 Å². The molecule has 1 N–H and O–H groups in total. The number of carbonyl (C=O) groups is 3. The molecule has 1 aromatic heterocycles. The predicted molar refractivity (Wildman–Crippen MR) is 110 cm³/mol. The van der Waals surface area contributed by atoms with Crippen LogP contribution in [0.3, 0.4) is 0 Å². The third kappa shape index (κ3) is 3.68. The number of aromatic hydroxyl groups is 1. The van der Waals surface area contributed by atoms with E-state index in [4.69, 9.17) is 9.15 Å².